The summed E-state index contributed by atoms with van der Waals surface area (Å²) in [5.41, 5.74) is 0. The Bertz CT molecular complexity index is 694. The molecule has 2 aromatic heterocycles. The SMILES string of the molecule is Cc1noc(C2CCN(CC(=O)N(C)Cc3ccc(Cl)s3)CC2)n1. The molecule has 0 unspecified atom stereocenters. The molecular weight excluding hydrogens is 348 g/mol. The number of aryl methyl sites for hydroxylation is 1. The summed E-state index contributed by atoms with van der Waals surface area (Å²) in [4.78, 5) is 21.8. The predicted molar refractivity (Wildman–Crippen MR) is 93.3 cm³/mol. The van der Waals surface area contributed by atoms with Gasteiger partial charge in [-0.1, -0.05) is 16.8 Å². The molecule has 0 bridgehead atoms. The molecule has 3 rings (SSSR count). The molecule has 130 valence electrons. The average Bonchev–Trinajstić information content (AvgIpc) is 3.16. The zero-order chi connectivity index (χ0) is 17.1. The van der Waals surface area contributed by atoms with Crippen LogP contribution >= 0.6 is 22.9 Å². The molecule has 0 N–H and O–H groups in total. The number of halogens is 1. The van der Waals surface area contributed by atoms with E-state index in [1.54, 1.807) is 4.90 Å². The van der Waals surface area contributed by atoms with Crippen LogP contribution in [0.5, 0.6) is 0 Å². The van der Waals surface area contributed by atoms with Crippen LogP contribution in [0.3, 0.4) is 0 Å². The Morgan fingerprint density at radius 2 is 2.21 bits per heavy atom. The summed E-state index contributed by atoms with van der Waals surface area (Å²) in [5.74, 6) is 1.85. The molecule has 1 aliphatic heterocycles. The third-order valence-electron chi connectivity index (χ3n) is 4.29. The van der Waals surface area contributed by atoms with Crippen LogP contribution in [0.15, 0.2) is 16.7 Å². The van der Waals surface area contributed by atoms with Crippen LogP contribution in [-0.2, 0) is 11.3 Å². The minimum atomic E-state index is 0.131. The Morgan fingerprint density at radius 1 is 1.46 bits per heavy atom. The number of likely N-dealkylation sites (tertiary alicyclic amines) is 1. The Hall–Kier alpha value is -1.44. The van der Waals surface area contributed by atoms with Gasteiger partial charge in [0.05, 0.1) is 17.4 Å². The van der Waals surface area contributed by atoms with Gasteiger partial charge in [-0.25, -0.2) is 0 Å². The fourth-order valence-corrected chi connectivity index (χ4v) is 4.03. The van der Waals surface area contributed by atoms with Crippen LogP contribution in [0.1, 0.15) is 35.4 Å². The molecule has 0 saturated carbocycles. The second-order valence-corrected chi connectivity index (χ2v) is 7.99. The van der Waals surface area contributed by atoms with E-state index in [9.17, 15) is 4.79 Å². The molecule has 6 nitrogen and oxygen atoms in total. The molecule has 1 amide bonds. The fourth-order valence-electron chi connectivity index (χ4n) is 2.89. The van der Waals surface area contributed by atoms with Gasteiger partial charge in [-0.3, -0.25) is 9.69 Å². The van der Waals surface area contributed by atoms with E-state index in [1.165, 1.54) is 11.3 Å². The smallest absolute Gasteiger partial charge is 0.236 e. The normalized spacial score (nSPS) is 16.5. The van der Waals surface area contributed by atoms with Crippen molar-refractivity contribution >= 4 is 28.8 Å². The summed E-state index contributed by atoms with van der Waals surface area (Å²) < 4.78 is 6.02. The second kappa shape index (κ2) is 7.63. The number of hydrogen-bond acceptors (Lipinski definition) is 6. The highest BCUT2D eigenvalue weighted by Gasteiger charge is 2.26. The van der Waals surface area contributed by atoms with Gasteiger partial charge >= 0.3 is 0 Å². The van der Waals surface area contributed by atoms with Crippen molar-refractivity contribution in [1.82, 2.24) is 19.9 Å². The number of thiophene rings is 1. The molecule has 3 heterocycles. The average molecular weight is 369 g/mol. The maximum atomic E-state index is 12.4. The van der Waals surface area contributed by atoms with Gasteiger partial charge in [0, 0.05) is 17.8 Å². The van der Waals surface area contributed by atoms with Gasteiger partial charge in [0.15, 0.2) is 5.82 Å². The standard InChI is InChI=1S/C16H21ClN4O2S/c1-11-18-16(23-19-11)12-5-7-21(8-6-12)10-15(22)20(2)9-13-3-4-14(17)24-13/h3-4,12H,5-10H2,1-2H3. The number of aromatic nitrogens is 2. The van der Waals surface area contributed by atoms with Gasteiger partial charge in [0.25, 0.3) is 0 Å². The van der Waals surface area contributed by atoms with E-state index in [4.69, 9.17) is 16.1 Å². The van der Waals surface area contributed by atoms with E-state index >= 15 is 0 Å². The fraction of sp³-hybridized carbons (Fsp3) is 0.562. The molecule has 24 heavy (non-hydrogen) atoms. The number of rotatable bonds is 5. The minimum absolute atomic E-state index is 0.131. The van der Waals surface area contributed by atoms with E-state index in [0.717, 1.165) is 41.0 Å². The number of piperidine rings is 1. The van der Waals surface area contributed by atoms with Crippen molar-refractivity contribution in [2.45, 2.75) is 32.2 Å². The van der Waals surface area contributed by atoms with Gasteiger partial charge in [-0.15, -0.1) is 11.3 Å². The molecule has 0 atom stereocenters. The third-order valence-corrected chi connectivity index (χ3v) is 5.50. The van der Waals surface area contributed by atoms with E-state index < -0.39 is 0 Å². The van der Waals surface area contributed by atoms with Crippen LogP contribution in [0, 0.1) is 6.92 Å². The van der Waals surface area contributed by atoms with E-state index in [0.29, 0.717) is 24.8 Å². The Balaban J connectivity index is 1.45. The highest BCUT2D eigenvalue weighted by atomic mass is 35.5. The van der Waals surface area contributed by atoms with Crippen molar-refractivity contribution in [3.05, 3.63) is 33.1 Å². The van der Waals surface area contributed by atoms with Crippen LogP contribution in [-0.4, -0.2) is 52.5 Å². The van der Waals surface area contributed by atoms with Gasteiger partial charge in [0.2, 0.25) is 11.8 Å². The lowest BCUT2D eigenvalue weighted by molar-refractivity contribution is -0.131. The van der Waals surface area contributed by atoms with Gasteiger partial charge < -0.3 is 9.42 Å². The molecule has 1 fully saturated rings. The van der Waals surface area contributed by atoms with Crippen molar-refractivity contribution in [1.29, 1.82) is 0 Å². The van der Waals surface area contributed by atoms with Crippen LogP contribution in [0.4, 0.5) is 0 Å². The zero-order valence-electron chi connectivity index (χ0n) is 13.9. The number of likely N-dealkylation sites (N-methyl/N-ethyl adjacent to an activating group) is 1. The van der Waals surface area contributed by atoms with E-state index in [2.05, 4.69) is 15.0 Å². The largest absolute Gasteiger partial charge is 0.340 e. The lowest BCUT2D eigenvalue weighted by atomic mass is 9.97. The van der Waals surface area contributed by atoms with Crippen LogP contribution in [0.25, 0.3) is 0 Å². The predicted octanol–water partition coefficient (Wildman–Crippen LogP) is 2.93. The molecular formula is C16H21ClN4O2S. The quantitative estimate of drug-likeness (QED) is 0.812. The highest BCUT2D eigenvalue weighted by Crippen LogP contribution is 2.27. The van der Waals surface area contributed by atoms with Crippen molar-refractivity contribution in [3.8, 4) is 0 Å². The summed E-state index contributed by atoms with van der Waals surface area (Å²) in [7, 11) is 1.84. The molecule has 0 aromatic carbocycles. The van der Waals surface area contributed by atoms with Crippen LogP contribution < -0.4 is 0 Å². The first kappa shape index (κ1) is 17.4. The van der Waals surface area contributed by atoms with Crippen molar-refractivity contribution < 1.29 is 9.32 Å². The molecule has 0 spiro atoms. The monoisotopic (exact) mass is 368 g/mol. The number of carbonyl (C=O) groups is 1. The van der Waals surface area contributed by atoms with Crippen molar-refractivity contribution in [3.63, 3.8) is 0 Å². The molecule has 0 radical (unpaired) electrons. The highest BCUT2D eigenvalue weighted by molar-refractivity contribution is 7.16. The Morgan fingerprint density at radius 3 is 2.79 bits per heavy atom. The molecule has 8 heteroatoms. The zero-order valence-corrected chi connectivity index (χ0v) is 15.4. The first-order chi connectivity index (χ1) is 11.5. The topological polar surface area (TPSA) is 62.5 Å². The van der Waals surface area contributed by atoms with E-state index in [1.807, 2.05) is 26.1 Å². The summed E-state index contributed by atoms with van der Waals surface area (Å²) in [6.45, 7) is 4.63. The van der Waals surface area contributed by atoms with Gasteiger partial charge in [-0.05, 0) is 45.0 Å². The first-order valence-corrected chi connectivity index (χ1v) is 9.21. The second-order valence-electron chi connectivity index (χ2n) is 6.19. The minimum Gasteiger partial charge on any atom is -0.340 e. The molecule has 1 aliphatic rings. The van der Waals surface area contributed by atoms with Crippen molar-refractivity contribution in [2.24, 2.45) is 0 Å². The van der Waals surface area contributed by atoms with Crippen molar-refractivity contribution in [2.75, 3.05) is 26.7 Å². The molecule has 1 saturated heterocycles. The number of carbonyl (C=O) groups excluding carboxylic acids is 1. The Labute approximate surface area is 150 Å². The maximum absolute atomic E-state index is 12.4. The summed E-state index contributed by atoms with van der Waals surface area (Å²) in [6.07, 6.45) is 1.89. The number of hydrogen-bond donors (Lipinski definition) is 0. The number of nitrogens with zero attached hydrogens (tertiary/aromatic N) is 4. The maximum Gasteiger partial charge on any atom is 0.236 e. The first-order valence-electron chi connectivity index (χ1n) is 8.02. The Kier molecular flexibility index (Phi) is 5.53. The summed E-state index contributed by atoms with van der Waals surface area (Å²) in [6, 6.07) is 3.83. The third kappa shape index (κ3) is 4.34. The van der Waals surface area contributed by atoms with Crippen LogP contribution in [0.2, 0.25) is 4.34 Å². The van der Waals surface area contributed by atoms with Gasteiger partial charge in [-0.2, -0.15) is 4.98 Å². The van der Waals surface area contributed by atoms with Gasteiger partial charge in [0.1, 0.15) is 0 Å². The number of amides is 1. The molecule has 0 aliphatic carbocycles. The van der Waals surface area contributed by atoms with E-state index in [-0.39, 0.29) is 5.91 Å². The summed E-state index contributed by atoms with van der Waals surface area (Å²) >= 11 is 7.45. The summed E-state index contributed by atoms with van der Waals surface area (Å²) in [5, 5.41) is 3.86. The lowest BCUT2D eigenvalue weighted by Gasteiger charge is -2.31. The molecule has 2 aromatic rings. The lowest BCUT2D eigenvalue weighted by Crippen LogP contribution is -2.41.